The first-order valence-electron chi connectivity index (χ1n) is 12.5. The summed E-state index contributed by atoms with van der Waals surface area (Å²) in [6.07, 6.45) is 3.08. The number of aliphatic imine (C=N–C) groups is 1. The standard InChI is InChI=1S/C25H23NO2.C9H10/c1-4-10-21(18-11-6-5-7-12-18)26-17(2)19-15-16-23(27-3)25-24(19)20-13-8-9-14-22(20)28-25;1-8(2)9-6-4-3-5-7-9/h5-16H,4H2,1-3H3;3-7H,1H2,2H3/b21-10+,26-17?;. The Morgan fingerprint density at radius 2 is 1.46 bits per heavy atom. The number of para-hydroxylation sites is 1. The molecule has 186 valence electrons. The van der Waals surface area contributed by atoms with Crippen LogP contribution in [0.2, 0.25) is 0 Å². The molecule has 0 spiro atoms. The molecule has 1 aromatic heterocycles. The number of ether oxygens (including phenoxy) is 1. The van der Waals surface area contributed by atoms with Crippen LogP contribution in [0.3, 0.4) is 0 Å². The number of methoxy groups -OCH3 is 1. The molecule has 1 heterocycles. The molecule has 0 atom stereocenters. The van der Waals surface area contributed by atoms with Crippen molar-refractivity contribution in [2.24, 2.45) is 4.99 Å². The van der Waals surface area contributed by atoms with Gasteiger partial charge in [-0.3, -0.25) is 4.99 Å². The summed E-state index contributed by atoms with van der Waals surface area (Å²) in [5, 5.41) is 2.11. The number of rotatable bonds is 6. The van der Waals surface area contributed by atoms with Gasteiger partial charge in [0, 0.05) is 22.0 Å². The Labute approximate surface area is 219 Å². The van der Waals surface area contributed by atoms with E-state index in [1.807, 2.05) is 67.6 Å². The molecule has 0 radical (unpaired) electrons. The van der Waals surface area contributed by atoms with Crippen molar-refractivity contribution in [3.8, 4) is 5.75 Å². The summed E-state index contributed by atoms with van der Waals surface area (Å²) in [6.45, 7) is 10.0. The second-order valence-electron chi connectivity index (χ2n) is 8.82. The lowest BCUT2D eigenvalue weighted by Crippen LogP contribution is -1.98. The lowest BCUT2D eigenvalue weighted by molar-refractivity contribution is 0.412. The van der Waals surface area contributed by atoms with Crippen LogP contribution >= 0.6 is 0 Å². The molecule has 3 nitrogen and oxygen atoms in total. The topological polar surface area (TPSA) is 34.7 Å². The van der Waals surface area contributed by atoms with E-state index in [0.717, 1.165) is 62.2 Å². The highest BCUT2D eigenvalue weighted by molar-refractivity contribution is 6.19. The summed E-state index contributed by atoms with van der Waals surface area (Å²) in [4.78, 5) is 4.99. The molecule has 0 bridgehead atoms. The van der Waals surface area contributed by atoms with Crippen molar-refractivity contribution >= 4 is 38.9 Å². The normalized spacial score (nSPS) is 11.8. The minimum absolute atomic E-state index is 0.732. The summed E-state index contributed by atoms with van der Waals surface area (Å²) in [6, 6.07) is 32.5. The van der Waals surface area contributed by atoms with E-state index >= 15 is 0 Å². The van der Waals surface area contributed by atoms with Gasteiger partial charge in [0.1, 0.15) is 5.58 Å². The summed E-state index contributed by atoms with van der Waals surface area (Å²) in [5.74, 6) is 0.732. The van der Waals surface area contributed by atoms with E-state index in [0.29, 0.717) is 0 Å². The number of hydrogen-bond acceptors (Lipinski definition) is 3. The Hall–Kier alpha value is -4.37. The molecule has 0 N–H and O–H groups in total. The molecule has 0 amide bonds. The van der Waals surface area contributed by atoms with Crippen molar-refractivity contribution in [3.05, 3.63) is 126 Å². The molecule has 0 unspecified atom stereocenters. The fourth-order valence-corrected chi connectivity index (χ4v) is 4.26. The first kappa shape index (κ1) is 25.7. The Bertz CT molecular complexity index is 1560. The molecule has 5 aromatic rings. The second kappa shape index (κ2) is 12.0. The van der Waals surface area contributed by atoms with Crippen LogP contribution in [0.5, 0.6) is 5.75 Å². The van der Waals surface area contributed by atoms with E-state index in [1.165, 1.54) is 5.56 Å². The Kier molecular flexibility index (Phi) is 8.37. The lowest BCUT2D eigenvalue weighted by atomic mass is 10.0. The maximum Gasteiger partial charge on any atom is 0.177 e. The highest BCUT2D eigenvalue weighted by Gasteiger charge is 2.17. The summed E-state index contributed by atoms with van der Waals surface area (Å²) >= 11 is 0. The van der Waals surface area contributed by atoms with E-state index < -0.39 is 0 Å². The van der Waals surface area contributed by atoms with Crippen LogP contribution in [0.15, 0.2) is 119 Å². The van der Waals surface area contributed by atoms with Crippen molar-refractivity contribution in [2.45, 2.75) is 27.2 Å². The third-order valence-electron chi connectivity index (χ3n) is 6.12. The van der Waals surface area contributed by atoms with E-state index in [1.54, 1.807) is 7.11 Å². The first-order valence-corrected chi connectivity index (χ1v) is 12.5. The molecule has 3 heteroatoms. The molecule has 0 saturated heterocycles. The van der Waals surface area contributed by atoms with Gasteiger partial charge in [0.15, 0.2) is 11.3 Å². The van der Waals surface area contributed by atoms with Crippen LogP contribution in [-0.2, 0) is 0 Å². The second-order valence-corrected chi connectivity index (χ2v) is 8.82. The molecule has 0 aliphatic rings. The Morgan fingerprint density at radius 1 is 0.838 bits per heavy atom. The third-order valence-corrected chi connectivity index (χ3v) is 6.12. The smallest absolute Gasteiger partial charge is 0.177 e. The van der Waals surface area contributed by atoms with Crippen molar-refractivity contribution in [3.63, 3.8) is 0 Å². The summed E-state index contributed by atoms with van der Waals surface area (Å²) < 4.78 is 11.6. The zero-order chi connectivity index (χ0) is 26.2. The summed E-state index contributed by atoms with van der Waals surface area (Å²) in [5.41, 5.74) is 8.05. The molecule has 0 saturated carbocycles. The number of hydrogen-bond donors (Lipinski definition) is 0. The molecule has 0 aliphatic heterocycles. The van der Waals surface area contributed by atoms with Crippen LogP contribution in [0.4, 0.5) is 0 Å². The molecule has 5 rings (SSSR count). The number of nitrogens with zero attached hydrogens (tertiary/aromatic N) is 1. The molecule has 0 aliphatic carbocycles. The van der Waals surface area contributed by atoms with Gasteiger partial charge < -0.3 is 9.15 Å². The molecular formula is C34H33NO2. The minimum Gasteiger partial charge on any atom is -0.493 e. The van der Waals surface area contributed by atoms with Crippen LogP contribution in [-0.4, -0.2) is 12.8 Å². The molecule has 0 fully saturated rings. The van der Waals surface area contributed by atoms with Crippen molar-refractivity contribution in [1.29, 1.82) is 0 Å². The zero-order valence-corrected chi connectivity index (χ0v) is 22.0. The van der Waals surface area contributed by atoms with Crippen LogP contribution in [0.25, 0.3) is 33.2 Å². The van der Waals surface area contributed by atoms with E-state index in [2.05, 4.69) is 62.9 Å². The molecule has 4 aromatic carbocycles. The van der Waals surface area contributed by atoms with Gasteiger partial charge in [-0.15, -0.1) is 0 Å². The zero-order valence-electron chi connectivity index (χ0n) is 22.0. The minimum atomic E-state index is 0.732. The average molecular weight is 488 g/mol. The van der Waals surface area contributed by atoms with Crippen LogP contribution < -0.4 is 4.74 Å². The quantitative estimate of drug-likeness (QED) is 0.223. The van der Waals surface area contributed by atoms with Gasteiger partial charge in [0.2, 0.25) is 0 Å². The van der Waals surface area contributed by atoms with Gasteiger partial charge in [-0.25, -0.2) is 0 Å². The number of fused-ring (bicyclic) bond motifs is 3. The van der Waals surface area contributed by atoms with Gasteiger partial charge in [0.25, 0.3) is 0 Å². The highest BCUT2D eigenvalue weighted by Crippen LogP contribution is 2.37. The monoisotopic (exact) mass is 487 g/mol. The fourth-order valence-electron chi connectivity index (χ4n) is 4.26. The number of furan rings is 1. The van der Waals surface area contributed by atoms with Crippen molar-refractivity contribution in [1.82, 2.24) is 0 Å². The largest absolute Gasteiger partial charge is 0.493 e. The maximum absolute atomic E-state index is 6.11. The van der Waals surface area contributed by atoms with Gasteiger partial charge in [-0.05, 0) is 49.6 Å². The van der Waals surface area contributed by atoms with E-state index in [4.69, 9.17) is 14.1 Å². The van der Waals surface area contributed by atoms with Crippen molar-refractivity contribution < 1.29 is 9.15 Å². The van der Waals surface area contributed by atoms with Crippen LogP contribution in [0.1, 0.15) is 43.9 Å². The van der Waals surface area contributed by atoms with Gasteiger partial charge in [-0.1, -0.05) is 104 Å². The number of benzene rings is 4. The van der Waals surface area contributed by atoms with Gasteiger partial charge in [0.05, 0.1) is 12.8 Å². The maximum atomic E-state index is 6.11. The predicted octanol–water partition coefficient (Wildman–Crippen LogP) is 9.57. The number of allylic oxidation sites excluding steroid dienone is 2. The molecular weight excluding hydrogens is 454 g/mol. The SMILES string of the molecule is C=C(C)c1ccccc1.CC/C=C(/N=C(C)c1ccc(OC)c2oc3ccccc3c12)c1ccccc1. The first-order chi connectivity index (χ1) is 18.0. The third kappa shape index (κ3) is 5.90. The summed E-state index contributed by atoms with van der Waals surface area (Å²) in [7, 11) is 1.67. The van der Waals surface area contributed by atoms with E-state index in [-0.39, 0.29) is 0 Å². The molecule has 37 heavy (non-hydrogen) atoms. The van der Waals surface area contributed by atoms with E-state index in [9.17, 15) is 0 Å². The fraction of sp³-hybridized carbons (Fsp3) is 0.147. The van der Waals surface area contributed by atoms with Crippen LogP contribution in [0, 0.1) is 0 Å². The Balaban J connectivity index is 0.000000301. The highest BCUT2D eigenvalue weighted by atomic mass is 16.5. The Morgan fingerprint density at radius 3 is 2.05 bits per heavy atom. The average Bonchev–Trinajstić information content (AvgIpc) is 3.33. The lowest BCUT2D eigenvalue weighted by Gasteiger charge is -2.09. The van der Waals surface area contributed by atoms with Gasteiger partial charge >= 0.3 is 0 Å². The van der Waals surface area contributed by atoms with Gasteiger partial charge in [-0.2, -0.15) is 0 Å². The predicted molar refractivity (Wildman–Crippen MR) is 158 cm³/mol. The van der Waals surface area contributed by atoms with Crippen molar-refractivity contribution in [2.75, 3.05) is 7.11 Å².